The maximum Gasteiger partial charge on any atom is 0.309 e. The van der Waals surface area contributed by atoms with E-state index in [-0.39, 0.29) is 11.2 Å². The lowest BCUT2D eigenvalue weighted by Crippen LogP contribution is -2.68. The van der Waals surface area contributed by atoms with Gasteiger partial charge < -0.3 is 5.11 Å². The Balaban J connectivity index is 1.90. The van der Waals surface area contributed by atoms with E-state index < -0.39 is 11.4 Å². The normalized spacial score (nSPS) is 35.1. The van der Waals surface area contributed by atoms with Gasteiger partial charge in [0.25, 0.3) is 0 Å². The second kappa shape index (κ2) is 2.65. The summed E-state index contributed by atoms with van der Waals surface area (Å²) in [4.78, 5) is 11.0. The Morgan fingerprint density at radius 2 is 2.00 bits per heavy atom. The zero-order valence-electron chi connectivity index (χ0n) is 9.09. The van der Waals surface area contributed by atoms with Crippen LogP contribution in [-0.4, -0.2) is 11.1 Å². The predicted molar refractivity (Wildman–Crippen MR) is 56.7 cm³/mol. The first kappa shape index (κ1) is 9.82. The molecule has 0 unspecified atom stereocenters. The summed E-state index contributed by atoms with van der Waals surface area (Å²) in [5.41, 5.74) is 1.66. The van der Waals surface area contributed by atoms with Crippen LogP contribution in [0.1, 0.15) is 30.4 Å². The van der Waals surface area contributed by atoms with Crippen LogP contribution in [-0.2, 0) is 10.2 Å². The summed E-state index contributed by atoms with van der Waals surface area (Å²) >= 11 is 0. The first-order chi connectivity index (χ1) is 7.47. The van der Waals surface area contributed by atoms with Crippen molar-refractivity contribution in [2.45, 2.75) is 31.6 Å². The van der Waals surface area contributed by atoms with Crippen LogP contribution in [0.5, 0.6) is 0 Å². The number of rotatable bonds is 2. The molecular weight excluding hydrogens is 207 g/mol. The zero-order valence-corrected chi connectivity index (χ0v) is 9.09. The smallest absolute Gasteiger partial charge is 0.309 e. The lowest BCUT2D eigenvalue weighted by Gasteiger charge is -2.68. The number of aryl methyl sites for hydroxylation is 1. The van der Waals surface area contributed by atoms with Crippen molar-refractivity contribution < 1.29 is 14.3 Å². The molecule has 1 aromatic rings. The maximum atomic E-state index is 13.0. The van der Waals surface area contributed by atoms with Gasteiger partial charge in [0, 0.05) is 0 Å². The summed E-state index contributed by atoms with van der Waals surface area (Å²) < 4.78 is 13.0. The van der Waals surface area contributed by atoms with Crippen LogP contribution in [0.2, 0.25) is 0 Å². The van der Waals surface area contributed by atoms with Gasteiger partial charge in [0.15, 0.2) is 0 Å². The minimum absolute atomic E-state index is 0.0379. The van der Waals surface area contributed by atoms with Gasteiger partial charge in [-0.15, -0.1) is 0 Å². The van der Waals surface area contributed by atoms with Crippen molar-refractivity contribution in [3.63, 3.8) is 0 Å². The van der Waals surface area contributed by atoms with Crippen LogP contribution in [0.15, 0.2) is 18.2 Å². The first-order valence-electron chi connectivity index (χ1n) is 5.48. The molecule has 0 saturated heterocycles. The summed E-state index contributed by atoms with van der Waals surface area (Å²) in [6.45, 7) is 1.90. The molecule has 3 aliphatic rings. The Hall–Kier alpha value is -1.38. The van der Waals surface area contributed by atoms with Crippen LogP contribution in [0, 0.1) is 18.2 Å². The van der Waals surface area contributed by atoms with E-state index in [2.05, 4.69) is 0 Å². The number of hydrogen-bond donors (Lipinski definition) is 1. The Morgan fingerprint density at radius 3 is 2.50 bits per heavy atom. The summed E-state index contributed by atoms with van der Waals surface area (Å²) in [6.07, 6.45) is 2.17. The van der Waals surface area contributed by atoms with Crippen molar-refractivity contribution in [3.05, 3.63) is 35.1 Å². The molecule has 0 heterocycles. The maximum absolute atomic E-state index is 13.0. The predicted octanol–water partition coefficient (Wildman–Crippen LogP) is 2.64. The molecule has 0 atom stereocenters. The van der Waals surface area contributed by atoms with E-state index in [1.165, 1.54) is 12.1 Å². The number of halogens is 1. The molecule has 0 spiro atoms. The number of carbonyl (C=O) groups is 1. The zero-order chi connectivity index (χ0) is 11.6. The molecule has 1 aromatic carbocycles. The monoisotopic (exact) mass is 220 g/mol. The van der Waals surface area contributed by atoms with E-state index in [4.69, 9.17) is 5.11 Å². The van der Waals surface area contributed by atoms with Crippen molar-refractivity contribution in [2.75, 3.05) is 0 Å². The summed E-state index contributed by atoms with van der Waals surface area (Å²) in [7, 11) is 0. The Labute approximate surface area is 93.1 Å². The average Bonchev–Trinajstić information content (AvgIpc) is 2.03. The molecule has 3 aliphatic carbocycles. The molecule has 3 saturated carbocycles. The van der Waals surface area contributed by atoms with Gasteiger partial charge in [0.1, 0.15) is 5.82 Å². The molecule has 84 valence electrons. The summed E-state index contributed by atoms with van der Waals surface area (Å²) in [6, 6.07) is 4.81. The van der Waals surface area contributed by atoms with E-state index >= 15 is 0 Å². The molecule has 0 radical (unpaired) electrons. The van der Waals surface area contributed by atoms with Gasteiger partial charge >= 0.3 is 5.97 Å². The second-order valence-corrected chi connectivity index (χ2v) is 5.36. The van der Waals surface area contributed by atoms with Crippen molar-refractivity contribution in [3.8, 4) is 0 Å². The van der Waals surface area contributed by atoms with E-state index in [1.54, 1.807) is 0 Å². The average molecular weight is 220 g/mol. The van der Waals surface area contributed by atoms with Crippen molar-refractivity contribution >= 4 is 5.97 Å². The fourth-order valence-corrected chi connectivity index (χ4v) is 3.52. The van der Waals surface area contributed by atoms with Crippen LogP contribution < -0.4 is 0 Å². The molecule has 3 heteroatoms. The molecule has 4 rings (SSSR count). The summed E-state index contributed by atoms with van der Waals surface area (Å²) in [5.74, 6) is -0.894. The SMILES string of the molecule is Cc1cc(F)ccc1C12CC(C(=O)O)(C1)C2. The highest BCUT2D eigenvalue weighted by Crippen LogP contribution is 2.73. The topological polar surface area (TPSA) is 37.3 Å². The first-order valence-corrected chi connectivity index (χ1v) is 5.48. The van der Waals surface area contributed by atoms with Crippen LogP contribution >= 0.6 is 0 Å². The largest absolute Gasteiger partial charge is 0.481 e. The van der Waals surface area contributed by atoms with E-state index in [0.717, 1.165) is 30.4 Å². The van der Waals surface area contributed by atoms with Crippen molar-refractivity contribution in [2.24, 2.45) is 5.41 Å². The molecule has 16 heavy (non-hydrogen) atoms. The third-order valence-corrected chi connectivity index (χ3v) is 4.24. The minimum atomic E-state index is -0.672. The van der Waals surface area contributed by atoms with E-state index in [1.807, 2.05) is 13.0 Å². The van der Waals surface area contributed by atoms with Gasteiger partial charge in [-0.3, -0.25) is 4.79 Å². The molecular formula is C13H13FO2. The molecule has 2 nitrogen and oxygen atoms in total. The highest BCUT2D eigenvalue weighted by atomic mass is 19.1. The molecule has 0 aliphatic heterocycles. The Bertz CT molecular complexity index is 473. The van der Waals surface area contributed by atoms with Gasteiger partial charge in [-0.25, -0.2) is 4.39 Å². The van der Waals surface area contributed by atoms with E-state index in [9.17, 15) is 9.18 Å². The lowest BCUT2D eigenvalue weighted by atomic mass is 9.33. The van der Waals surface area contributed by atoms with Gasteiger partial charge in [0.05, 0.1) is 5.41 Å². The second-order valence-electron chi connectivity index (χ2n) is 5.36. The van der Waals surface area contributed by atoms with Gasteiger partial charge in [0.2, 0.25) is 0 Å². The van der Waals surface area contributed by atoms with Crippen molar-refractivity contribution in [1.82, 2.24) is 0 Å². The standard InChI is InChI=1S/C13H13FO2/c1-8-4-9(14)2-3-10(8)12-5-13(6-12,7-12)11(15)16/h2-4H,5-7H2,1H3,(H,15,16). The third kappa shape index (κ3) is 0.984. The number of hydrogen-bond acceptors (Lipinski definition) is 1. The molecule has 2 bridgehead atoms. The number of carboxylic acids is 1. The Morgan fingerprint density at radius 1 is 1.38 bits per heavy atom. The number of carboxylic acid groups (broad SMARTS) is 1. The highest BCUT2D eigenvalue weighted by Gasteiger charge is 2.72. The number of aliphatic carboxylic acids is 1. The van der Waals surface area contributed by atoms with E-state index in [0.29, 0.717) is 0 Å². The van der Waals surface area contributed by atoms with Gasteiger partial charge in [-0.1, -0.05) is 6.07 Å². The quantitative estimate of drug-likeness (QED) is 0.831. The number of benzene rings is 1. The fourth-order valence-electron chi connectivity index (χ4n) is 3.52. The van der Waals surface area contributed by atoms with Crippen LogP contribution in [0.3, 0.4) is 0 Å². The highest BCUT2D eigenvalue weighted by molar-refractivity contribution is 5.81. The lowest BCUT2D eigenvalue weighted by molar-refractivity contribution is -0.194. The Kier molecular flexibility index (Phi) is 1.63. The van der Waals surface area contributed by atoms with Crippen molar-refractivity contribution in [1.29, 1.82) is 0 Å². The van der Waals surface area contributed by atoms with Gasteiger partial charge in [-0.05, 0) is 54.9 Å². The minimum Gasteiger partial charge on any atom is -0.481 e. The molecule has 1 N–H and O–H groups in total. The molecule has 0 aromatic heterocycles. The third-order valence-electron chi connectivity index (χ3n) is 4.24. The van der Waals surface area contributed by atoms with Crippen LogP contribution in [0.25, 0.3) is 0 Å². The summed E-state index contributed by atoms with van der Waals surface area (Å²) in [5, 5.41) is 9.05. The molecule has 3 fully saturated rings. The fraction of sp³-hybridized carbons (Fsp3) is 0.462. The van der Waals surface area contributed by atoms with Crippen LogP contribution in [0.4, 0.5) is 4.39 Å². The van der Waals surface area contributed by atoms with Gasteiger partial charge in [-0.2, -0.15) is 0 Å². The molecule has 0 amide bonds.